The number of carbonyl (C=O) groups is 5. The summed E-state index contributed by atoms with van der Waals surface area (Å²) >= 11 is 0. The molecule has 0 radical (unpaired) electrons. The van der Waals surface area contributed by atoms with Crippen molar-refractivity contribution >= 4 is 29.7 Å². The molecule has 12 heteroatoms. The van der Waals surface area contributed by atoms with Gasteiger partial charge >= 0.3 is 6.09 Å². The number of hydrogen-bond acceptors (Lipinski definition) is 7. The maximum Gasteiger partial charge on any atom is 0.407 e. The summed E-state index contributed by atoms with van der Waals surface area (Å²) in [4.78, 5) is 67.0. The Bertz CT molecular complexity index is 1910. The number of hydrogen-bond donors (Lipinski definition) is 6. The standard InChI is InChI=1S/C42H45N5O7/c48-29-19-17-28(18-20-29)25-36-39(50)44-23-21-38(49)43-22-9-8-16-35(40(51)46-36)45-41(52)37(24-27-10-2-1-3-11-27)47-42(53)54-26-34-32-14-6-4-12-30(32)31-13-5-7-15-33(31)34/h1-7,10-15,17-20,34-37,48H,8-9,16,21-26H2,(H,43,49)(H,44,50)(H,45,52)(H,46,51)(H,47,53)/t35-,36-,37-/m0/s1. The molecule has 4 aromatic rings. The van der Waals surface area contributed by atoms with Crippen molar-refractivity contribution in [2.45, 2.75) is 62.6 Å². The van der Waals surface area contributed by atoms with E-state index in [2.05, 4.69) is 26.6 Å². The lowest BCUT2D eigenvalue weighted by Gasteiger charge is -2.26. The Hall–Kier alpha value is -6.17. The Kier molecular flexibility index (Phi) is 12.6. The lowest BCUT2D eigenvalue weighted by Crippen LogP contribution is -2.57. The average Bonchev–Trinajstić information content (AvgIpc) is 3.50. The van der Waals surface area contributed by atoms with Gasteiger partial charge < -0.3 is 36.4 Å². The van der Waals surface area contributed by atoms with E-state index in [0.29, 0.717) is 24.9 Å². The van der Waals surface area contributed by atoms with Crippen LogP contribution in [0.4, 0.5) is 4.79 Å². The summed E-state index contributed by atoms with van der Waals surface area (Å²) in [7, 11) is 0. The Morgan fingerprint density at radius 1 is 0.759 bits per heavy atom. The maximum absolute atomic E-state index is 14.1. The zero-order valence-corrected chi connectivity index (χ0v) is 29.9. The van der Waals surface area contributed by atoms with E-state index in [0.717, 1.165) is 27.8 Å². The number of alkyl carbamates (subject to hydrolysis) is 1. The van der Waals surface area contributed by atoms with Crippen molar-refractivity contribution in [3.05, 3.63) is 125 Å². The van der Waals surface area contributed by atoms with Crippen LogP contribution in [0, 0.1) is 0 Å². The zero-order valence-electron chi connectivity index (χ0n) is 29.9. The van der Waals surface area contributed by atoms with E-state index in [-0.39, 0.29) is 56.4 Å². The first-order chi connectivity index (χ1) is 26.2. The first-order valence-electron chi connectivity index (χ1n) is 18.3. The fourth-order valence-corrected chi connectivity index (χ4v) is 6.94. The number of nitrogens with one attached hydrogen (secondary N) is 5. The molecule has 12 nitrogen and oxygen atoms in total. The number of phenolic OH excluding ortho intramolecular Hbond substituents is 1. The van der Waals surface area contributed by atoms with Crippen molar-refractivity contribution in [3.63, 3.8) is 0 Å². The molecule has 6 N–H and O–H groups in total. The van der Waals surface area contributed by atoms with Gasteiger partial charge in [0.1, 0.15) is 30.5 Å². The fourth-order valence-electron chi connectivity index (χ4n) is 6.94. The first kappa shape index (κ1) is 37.6. The van der Waals surface area contributed by atoms with Gasteiger partial charge in [0.2, 0.25) is 23.6 Å². The van der Waals surface area contributed by atoms with E-state index >= 15 is 0 Å². The van der Waals surface area contributed by atoms with E-state index < -0.39 is 41.9 Å². The molecule has 5 amide bonds. The Morgan fingerprint density at radius 3 is 2.13 bits per heavy atom. The Balaban J connectivity index is 1.17. The smallest absolute Gasteiger partial charge is 0.407 e. The van der Waals surface area contributed by atoms with Crippen LogP contribution >= 0.6 is 0 Å². The molecule has 1 aliphatic carbocycles. The molecule has 3 atom stereocenters. The third-order valence-electron chi connectivity index (χ3n) is 9.77. The minimum Gasteiger partial charge on any atom is -0.508 e. The number of benzene rings is 4. The van der Waals surface area contributed by atoms with Crippen LogP contribution in [-0.4, -0.2) is 72.7 Å². The summed E-state index contributed by atoms with van der Waals surface area (Å²) in [6.07, 6.45) is 0.794. The van der Waals surface area contributed by atoms with Gasteiger partial charge in [-0.25, -0.2) is 4.79 Å². The third-order valence-corrected chi connectivity index (χ3v) is 9.77. The minimum atomic E-state index is -1.10. The number of fused-ring (bicyclic) bond motifs is 3. The van der Waals surface area contributed by atoms with Gasteiger partial charge in [0.05, 0.1) is 0 Å². The molecular formula is C42H45N5O7. The number of amides is 5. The van der Waals surface area contributed by atoms with Crippen LogP contribution in [0.2, 0.25) is 0 Å². The highest BCUT2D eigenvalue weighted by molar-refractivity contribution is 5.94. The largest absolute Gasteiger partial charge is 0.508 e. The van der Waals surface area contributed by atoms with E-state index in [1.54, 1.807) is 12.1 Å². The normalized spacial score (nSPS) is 18.4. The van der Waals surface area contributed by atoms with Crippen LogP contribution in [-0.2, 0) is 36.8 Å². The molecule has 54 heavy (non-hydrogen) atoms. The summed E-state index contributed by atoms with van der Waals surface area (Å²) in [5, 5.41) is 23.7. The summed E-state index contributed by atoms with van der Waals surface area (Å²) in [6, 6.07) is 28.3. The van der Waals surface area contributed by atoms with Crippen molar-refractivity contribution < 1.29 is 33.8 Å². The lowest BCUT2D eigenvalue weighted by molar-refractivity contribution is -0.132. The van der Waals surface area contributed by atoms with Crippen molar-refractivity contribution in [1.82, 2.24) is 26.6 Å². The molecule has 0 aromatic heterocycles. The molecule has 0 bridgehead atoms. The van der Waals surface area contributed by atoms with Gasteiger partial charge in [0.15, 0.2) is 0 Å². The third kappa shape index (κ3) is 9.82. The van der Waals surface area contributed by atoms with Crippen molar-refractivity contribution in [2.75, 3.05) is 19.7 Å². The number of carbonyl (C=O) groups excluding carboxylic acids is 5. The van der Waals surface area contributed by atoms with Gasteiger partial charge in [-0.1, -0.05) is 91.0 Å². The van der Waals surface area contributed by atoms with E-state index in [4.69, 9.17) is 4.74 Å². The highest BCUT2D eigenvalue weighted by atomic mass is 16.5. The molecule has 1 fully saturated rings. The van der Waals surface area contributed by atoms with Crippen LogP contribution in [0.15, 0.2) is 103 Å². The summed E-state index contributed by atoms with van der Waals surface area (Å²) in [5.74, 6) is -1.98. The highest BCUT2D eigenvalue weighted by Gasteiger charge is 2.32. The lowest BCUT2D eigenvalue weighted by atomic mass is 9.98. The SMILES string of the molecule is O=C1CCNC(=O)[C@H](Cc2ccc(O)cc2)NC(=O)[C@@H](NC(=O)[C@H](Cc2ccccc2)NC(=O)OCC2c3ccccc3-c3ccccc32)CCCCN1. The summed E-state index contributed by atoms with van der Waals surface area (Å²) in [6.45, 7) is 0.513. The van der Waals surface area contributed by atoms with Crippen molar-refractivity contribution in [1.29, 1.82) is 0 Å². The molecule has 6 rings (SSSR count). The highest BCUT2D eigenvalue weighted by Crippen LogP contribution is 2.44. The quantitative estimate of drug-likeness (QED) is 0.152. The van der Waals surface area contributed by atoms with Gasteiger partial charge in [-0.2, -0.15) is 0 Å². The second-order valence-corrected chi connectivity index (χ2v) is 13.6. The zero-order chi connectivity index (χ0) is 37.9. The molecule has 0 spiro atoms. The molecule has 1 heterocycles. The monoisotopic (exact) mass is 731 g/mol. The molecule has 1 aliphatic heterocycles. The van der Waals surface area contributed by atoms with Gasteiger partial charge in [0.25, 0.3) is 0 Å². The molecule has 0 saturated carbocycles. The second kappa shape index (κ2) is 18.0. The van der Waals surface area contributed by atoms with Gasteiger partial charge in [0, 0.05) is 38.3 Å². The van der Waals surface area contributed by atoms with Gasteiger partial charge in [-0.15, -0.1) is 0 Å². The maximum atomic E-state index is 14.1. The van der Waals surface area contributed by atoms with Gasteiger partial charge in [-0.3, -0.25) is 19.2 Å². The molecule has 0 unspecified atom stereocenters. The molecular weight excluding hydrogens is 686 g/mol. The van der Waals surface area contributed by atoms with Crippen LogP contribution in [0.3, 0.4) is 0 Å². The number of aromatic hydroxyl groups is 1. The number of ether oxygens (including phenoxy) is 1. The minimum absolute atomic E-state index is 0.0591. The van der Waals surface area contributed by atoms with Gasteiger partial charge in [-0.05, 0) is 64.8 Å². The summed E-state index contributed by atoms with van der Waals surface area (Å²) < 4.78 is 5.78. The van der Waals surface area contributed by atoms with Crippen LogP contribution in [0.25, 0.3) is 11.1 Å². The van der Waals surface area contributed by atoms with Crippen LogP contribution in [0.5, 0.6) is 5.75 Å². The average molecular weight is 732 g/mol. The van der Waals surface area contributed by atoms with E-state index in [1.165, 1.54) is 12.1 Å². The molecule has 4 aromatic carbocycles. The predicted octanol–water partition coefficient (Wildman–Crippen LogP) is 3.86. The van der Waals surface area contributed by atoms with E-state index in [9.17, 15) is 29.1 Å². The van der Waals surface area contributed by atoms with Crippen molar-refractivity contribution in [2.24, 2.45) is 0 Å². The molecule has 2 aliphatic rings. The molecule has 1 saturated heterocycles. The number of phenols is 1. The van der Waals surface area contributed by atoms with Crippen LogP contribution < -0.4 is 26.6 Å². The fraction of sp³-hybridized carbons (Fsp3) is 0.310. The Morgan fingerprint density at radius 2 is 1.43 bits per heavy atom. The number of rotatable bonds is 9. The molecule has 280 valence electrons. The second-order valence-electron chi connectivity index (χ2n) is 13.6. The topological polar surface area (TPSA) is 175 Å². The first-order valence-corrected chi connectivity index (χ1v) is 18.3. The van der Waals surface area contributed by atoms with Crippen LogP contribution in [0.1, 0.15) is 53.9 Å². The Labute approximate surface area is 314 Å². The van der Waals surface area contributed by atoms with Crippen molar-refractivity contribution in [3.8, 4) is 16.9 Å². The summed E-state index contributed by atoms with van der Waals surface area (Å²) in [5.41, 5.74) is 5.77. The van der Waals surface area contributed by atoms with E-state index in [1.807, 2.05) is 78.9 Å². The predicted molar refractivity (Wildman–Crippen MR) is 202 cm³/mol.